The van der Waals surface area contributed by atoms with E-state index in [0.29, 0.717) is 9.88 Å². The number of aliphatic carboxylic acids is 1. The molecule has 1 aromatic rings. The Kier molecular flexibility index (Phi) is 3.97. The van der Waals surface area contributed by atoms with Crippen LogP contribution in [0, 0.1) is 6.92 Å². The summed E-state index contributed by atoms with van der Waals surface area (Å²) >= 11 is 1.16. The van der Waals surface area contributed by atoms with Gasteiger partial charge in [-0.3, -0.25) is 4.79 Å². The van der Waals surface area contributed by atoms with Crippen LogP contribution >= 0.6 is 11.3 Å². The van der Waals surface area contributed by atoms with Crippen LogP contribution < -0.4 is 5.32 Å². The Morgan fingerprint density at radius 1 is 1.56 bits per heavy atom. The highest BCUT2D eigenvalue weighted by atomic mass is 32.1. The molecule has 0 fully saturated rings. The molecular formula is C9H12N2O4S. The number of carbonyl (C=O) groups excluding carboxylic acids is 1. The third-order valence-corrected chi connectivity index (χ3v) is 2.79. The summed E-state index contributed by atoms with van der Waals surface area (Å²) in [5.74, 6) is -1.82. The highest BCUT2D eigenvalue weighted by molar-refractivity contribution is 7.13. The van der Waals surface area contributed by atoms with Crippen LogP contribution in [0.5, 0.6) is 0 Å². The topological polar surface area (TPSA) is 99.5 Å². The number of amides is 1. The molecule has 6 nitrogen and oxygen atoms in total. The first-order valence-corrected chi connectivity index (χ1v) is 5.37. The number of carbonyl (C=O) groups is 2. The second kappa shape index (κ2) is 5.04. The highest BCUT2D eigenvalue weighted by Gasteiger charge is 2.25. The minimum absolute atomic E-state index is 0.324. The maximum absolute atomic E-state index is 11.6. The van der Waals surface area contributed by atoms with Crippen molar-refractivity contribution in [3.63, 3.8) is 0 Å². The van der Waals surface area contributed by atoms with E-state index in [1.54, 1.807) is 6.92 Å². The normalized spacial score (nSPS) is 14.2. The Morgan fingerprint density at radius 2 is 2.19 bits per heavy atom. The SMILES string of the molecule is Cc1ncc(C(=O)NC(C(=O)O)[C@@H](C)O)s1. The Morgan fingerprint density at radius 3 is 2.56 bits per heavy atom. The molecule has 16 heavy (non-hydrogen) atoms. The minimum atomic E-state index is -1.31. The van der Waals surface area contributed by atoms with Crippen LogP contribution in [0.3, 0.4) is 0 Å². The predicted octanol–water partition coefficient (Wildman–Crippen LogP) is 0.0153. The van der Waals surface area contributed by atoms with Crippen molar-refractivity contribution in [2.45, 2.75) is 26.0 Å². The summed E-state index contributed by atoms with van der Waals surface area (Å²) in [6, 6.07) is -1.31. The number of thiazole rings is 1. The van der Waals surface area contributed by atoms with Gasteiger partial charge in [-0.15, -0.1) is 11.3 Å². The lowest BCUT2D eigenvalue weighted by Crippen LogP contribution is -2.47. The molecule has 0 aliphatic heterocycles. The van der Waals surface area contributed by atoms with E-state index in [1.165, 1.54) is 13.1 Å². The van der Waals surface area contributed by atoms with Crippen molar-refractivity contribution in [3.05, 3.63) is 16.1 Å². The van der Waals surface area contributed by atoms with Gasteiger partial charge < -0.3 is 15.5 Å². The molecule has 0 saturated carbocycles. The van der Waals surface area contributed by atoms with E-state index in [9.17, 15) is 14.7 Å². The van der Waals surface area contributed by atoms with Crippen LogP contribution in [0.2, 0.25) is 0 Å². The fourth-order valence-corrected chi connectivity index (χ4v) is 1.75. The van der Waals surface area contributed by atoms with Crippen molar-refractivity contribution >= 4 is 23.2 Å². The molecule has 1 rings (SSSR count). The minimum Gasteiger partial charge on any atom is -0.480 e. The number of aliphatic hydroxyl groups excluding tert-OH is 1. The fourth-order valence-electron chi connectivity index (χ4n) is 1.07. The lowest BCUT2D eigenvalue weighted by atomic mass is 10.2. The Balaban J connectivity index is 2.73. The van der Waals surface area contributed by atoms with Gasteiger partial charge in [0.15, 0.2) is 6.04 Å². The number of aryl methyl sites for hydroxylation is 1. The van der Waals surface area contributed by atoms with Gasteiger partial charge in [0, 0.05) is 0 Å². The average molecular weight is 244 g/mol. The van der Waals surface area contributed by atoms with E-state index in [4.69, 9.17) is 5.11 Å². The third kappa shape index (κ3) is 3.01. The smallest absolute Gasteiger partial charge is 0.328 e. The van der Waals surface area contributed by atoms with Gasteiger partial charge in [0.25, 0.3) is 5.91 Å². The van der Waals surface area contributed by atoms with E-state index < -0.39 is 24.0 Å². The first-order chi connectivity index (χ1) is 7.41. The Hall–Kier alpha value is -1.47. The molecule has 1 unspecified atom stereocenters. The molecule has 1 heterocycles. The zero-order valence-corrected chi connectivity index (χ0v) is 9.61. The van der Waals surface area contributed by atoms with Crippen molar-refractivity contribution in [3.8, 4) is 0 Å². The molecule has 1 aromatic heterocycles. The molecule has 88 valence electrons. The quantitative estimate of drug-likeness (QED) is 0.693. The average Bonchev–Trinajstić information content (AvgIpc) is 2.59. The lowest BCUT2D eigenvalue weighted by molar-refractivity contribution is -0.141. The highest BCUT2D eigenvalue weighted by Crippen LogP contribution is 2.11. The van der Waals surface area contributed by atoms with E-state index in [0.717, 1.165) is 11.3 Å². The van der Waals surface area contributed by atoms with Gasteiger partial charge >= 0.3 is 5.97 Å². The van der Waals surface area contributed by atoms with E-state index >= 15 is 0 Å². The maximum Gasteiger partial charge on any atom is 0.328 e. The second-order valence-corrected chi connectivity index (χ2v) is 4.51. The standard InChI is InChI=1S/C9H12N2O4S/c1-4(12)7(9(14)15)11-8(13)6-3-10-5(2)16-6/h3-4,7,12H,1-2H3,(H,11,13)(H,14,15)/t4-,7?/m1/s1. The molecule has 2 atom stereocenters. The predicted molar refractivity (Wildman–Crippen MR) is 57.4 cm³/mol. The van der Waals surface area contributed by atoms with Crippen molar-refractivity contribution in [2.75, 3.05) is 0 Å². The van der Waals surface area contributed by atoms with Crippen LogP contribution in [0.25, 0.3) is 0 Å². The molecule has 0 aliphatic rings. The van der Waals surface area contributed by atoms with E-state index in [1.807, 2.05) is 0 Å². The van der Waals surface area contributed by atoms with Gasteiger partial charge in [-0.25, -0.2) is 9.78 Å². The fraction of sp³-hybridized carbons (Fsp3) is 0.444. The van der Waals surface area contributed by atoms with Crippen molar-refractivity contribution < 1.29 is 19.8 Å². The summed E-state index contributed by atoms with van der Waals surface area (Å²) in [5.41, 5.74) is 0. The number of carboxylic acids is 1. The van der Waals surface area contributed by atoms with E-state index in [-0.39, 0.29) is 0 Å². The largest absolute Gasteiger partial charge is 0.480 e. The number of nitrogens with one attached hydrogen (secondary N) is 1. The van der Waals surface area contributed by atoms with Crippen LogP contribution in [0.1, 0.15) is 21.6 Å². The number of nitrogens with zero attached hydrogens (tertiary/aromatic N) is 1. The van der Waals surface area contributed by atoms with Crippen molar-refractivity contribution in [2.24, 2.45) is 0 Å². The molecule has 0 spiro atoms. The number of hydrogen-bond donors (Lipinski definition) is 3. The summed E-state index contributed by atoms with van der Waals surface area (Å²) in [7, 11) is 0. The first-order valence-electron chi connectivity index (χ1n) is 4.56. The molecule has 0 aromatic carbocycles. The van der Waals surface area contributed by atoms with Gasteiger partial charge in [-0.2, -0.15) is 0 Å². The zero-order chi connectivity index (χ0) is 12.3. The van der Waals surface area contributed by atoms with Crippen molar-refractivity contribution in [1.82, 2.24) is 10.3 Å². The summed E-state index contributed by atoms with van der Waals surface area (Å²) in [6.07, 6.45) is 0.214. The van der Waals surface area contributed by atoms with Gasteiger partial charge in [-0.05, 0) is 13.8 Å². The molecular weight excluding hydrogens is 232 g/mol. The molecule has 7 heteroatoms. The van der Waals surface area contributed by atoms with Gasteiger partial charge in [0.2, 0.25) is 0 Å². The van der Waals surface area contributed by atoms with Gasteiger partial charge in [0.05, 0.1) is 17.3 Å². The second-order valence-electron chi connectivity index (χ2n) is 3.27. The van der Waals surface area contributed by atoms with Crippen LogP contribution in [0.15, 0.2) is 6.20 Å². The molecule has 3 N–H and O–H groups in total. The van der Waals surface area contributed by atoms with Crippen LogP contribution in [-0.4, -0.2) is 39.2 Å². The van der Waals surface area contributed by atoms with Gasteiger partial charge in [-0.1, -0.05) is 0 Å². The maximum atomic E-state index is 11.6. The number of hydrogen-bond acceptors (Lipinski definition) is 5. The number of aliphatic hydroxyl groups is 1. The molecule has 0 bridgehead atoms. The number of aromatic nitrogens is 1. The summed E-state index contributed by atoms with van der Waals surface area (Å²) in [6.45, 7) is 3.04. The molecule has 0 aliphatic carbocycles. The molecule has 0 saturated heterocycles. The van der Waals surface area contributed by atoms with E-state index in [2.05, 4.69) is 10.3 Å². The van der Waals surface area contributed by atoms with Crippen LogP contribution in [-0.2, 0) is 4.79 Å². The summed E-state index contributed by atoms with van der Waals surface area (Å²) < 4.78 is 0. The molecule has 0 radical (unpaired) electrons. The zero-order valence-electron chi connectivity index (χ0n) is 8.80. The first kappa shape index (κ1) is 12.6. The summed E-state index contributed by atoms with van der Waals surface area (Å²) in [5, 5.41) is 20.9. The van der Waals surface area contributed by atoms with Gasteiger partial charge in [0.1, 0.15) is 4.88 Å². The number of carboxylic acid groups (broad SMARTS) is 1. The van der Waals surface area contributed by atoms with Crippen LogP contribution in [0.4, 0.5) is 0 Å². The van der Waals surface area contributed by atoms with Crippen molar-refractivity contribution in [1.29, 1.82) is 0 Å². The lowest BCUT2D eigenvalue weighted by Gasteiger charge is -2.16. The monoisotopic (exact) mass is 244 g/mol. The Bertz CT molecular complexity index is 402. The Labute approximate surface area is 95.9 Å². The third-order valence-electron chi connectivity index (χ3n) is 1.88. The number of rotatable bonds is 4. The summed E-state index contributed by atoms with van der Waals surface area (Å²) in [4.78, 5) is 26.5. The molecule has 1 amide bonds.